The van der Waals surface area contributed by atoms with Gasteiger partial charge in [-0.05, 0) is 35.9 Å². The highest BCUT2D eigenvalue weighted by molar-refractivity contribution is 5.94. The molecule has 0 bridgehead atoms. The van der Waals surface area contributed by atoms with Gasteiger partial charge in [0.1, 0.15) is 12.4 Å². The lowest BCUT2D eigenvalue weighted by Gasteiger charge is -2.09. The Hall–Kier alpha value is -2.76. The Morgan fingerprint density at radius 3 is 2.67 bits per heavy atom. The average Bonchev–Trinajstić information content (AvgIpc) is 2.46. The number of halogens is 1. The molecule has 0 aliphatic heterocycles. The molecular weight excluding hydrogens is 277 g/mol. The number of hydrogen-bond donors (Lipinski definition) is 2. The molecule has 0 atom stereocenters. The predicted molar refractivity (Wildman–Crippen MR) is 75.1 cm³/mol. The Bertz CT molecular complexity index is 673. The SMILES string of the molecule is COc1ccc(COc2ccc(N)c(C(=O)O)c2)cc1F. The lowest BCUT2D eigenvalue weighted by atomic mass is 10.1. The third-order valence-corrected chi connectivity index (χ3v) is 2.88. The maximum absolute atomic E-state index is 13.5. The van der Waals surface area contributed by atoms with Gasteiger partial charge in [0, 0.05) is 5.69 Å². The zero-order valence-corrected chi connectivity index (χ0v) is 11.3. The quantitative estimate of drug-likeness (QED) is 0.828. The summed E-state index contributed by atoms with van der Waals surface area (Å²) >= 11 is 0. The first-order chi connectivity index (χ1) is 10.0. The van der Waals surface area contributed by atoms with E-state index in [-0.39, 0.29) is 23.6 Å². The molecule has 0 saturated heterocycles. The van der Waals surface area contributed by atoms with Gasteiger partial charge in [0.15, 0.2) is 11.6 Å². The van der Waals surface area contributed by atoms with Crippen LogP contribution in [0.2, 0.25) is 0 Å². The van der Waals surface area contributed by atoms with Crippen LogP contribution < -0.4 is 15.2 Å². The van der Waals surface area contributed by atoms with E-state index in [2.05, 4.69) is 0 Å². The number of ether oxygens (including phenoxy) is 2. The van der Waals surface area contributed by atoms with Crippen molar-refractivity contribution in [3.8, 4) is 11.5 Å². The number of carboxylic acid groups (broad SMARTS) is 1. The molecular formula is C15H14FNO4. The minimum atomic E-state index is -1.13. The highest BCUT2D eigenvalue weighted by Gasteiger charge is 2.10. The summed E-state index contributed by atoms with van der Waals surface area (Å²) in [5.74, 6) is -1.12. The molecule has 0 fully saturated rings. The number of nitrogen functional groups attached to an aromatic ring is 1. The summed E-state index contributed by atoms with van der Waals surface area (Å²) in [5.41, 5.74) is 6.27. The molecule has 0 aliphatic carbocycles. The third kappa shape index (κ3) is 3.42. The van der Waals surface area contributed by atoms with Gasteiger partial charge < -0.3 is 20.3 Å². The molecule has 21 heavy (non-hydrogen) atoms. The van der Waals surface area contributed by atoms with Crippen molar-refractivity contribution in [2.24, 2.45) is 0 Å². The monoisotopic (exact) mass is 291 g/mol. The van der Waals surface area contributed by atoms with Crippen molar-refractivity contribution in [1.29, 1.82) is 0 Å². The zero-order chi connectivity index (χ0) is 15.4. The highest BCUT2D eigenvalue weighted by Crippen LogP contribution is 2.22. The van der Waals surface area contributed by atoms with Gasteiger partial charge in [-0.15, -0.1) is 0 Å². The lowest BCUT2D eigenvalue weighted by Crippen LogP contribution is -2.03. The van der Waals surface area contributed by atoms with Crippen molar-refractivity contribution in [2.45, 2.75) is 6.61 Å². The number of hydrogen-bond acceptors (Lipinski definition) is 4. The average molecular weight is 291 g/mol. The molecule has 5 nitrogen and oxygen atoms in total. The van der Waals surface area contributed by atoms with E-state index in [9.17, 15) is 9.18 Å². The van der Waals surface area contributed by atoms with Crippen LogP contribution in [0, 0.1) is 5.82 Å². The number of methoxy groups -OCH3 is 1. The van der Waals surface area contributed by atoms with E-state index in [1.54, 1.807) is 12.1 Å². The molecule has 6 heteroatoms. The van der Waals surface area contributed by atoms with Gasteiger partial charge in [-0.1, -0.05) is 6.07 Å². The van der Waals surface area contributed by atoms with Crippen LogP contribution in [0.1, 0.15) is 15.9 Å². The largest absolute Gasteiger partial charge is 0.494 e. The second kappa shape index (κ2) is 6.13. The number of nitrogens with two attached hydrogens (primary N) is 1. The van der Waals surface area contributed by atoms with Gasteiger partial charge in [-0.3, -0.25) is 0 Å². The molecule has 0 saturated carbocycles. The molecule has 0 radical (unpaired) electrons. The summed E-state index contributed by atoms with van der Waals surface area (Å²) in [6.45, 7) is 0.101. The van der Waals surface area contributed by atoms with E-state index in [0.29, 0.717) is 11.3 Å². The molecule has 110 valence electrons. The topological polar surface area (TPSA) is 81.8 Å². The van der Waals surface area contributed by atoms with Crippen LogP contribution in [0.3, 0.4) is 0 Å². The molecule has 0 heterocycles. The highest BCUT2D eigenvalue weighted by atomic mass is 19.1. The van der Waals surface area contributed by atoms with E-state index in [0.717, 1.165) is 0 Å². The normalized spacial score (nSPS) is 10.2. The van der Waals surface area contributed by atoms with E-state index >= 15 is 0 Å². The number of anilines is 1. The minimum absolute atomic E-state index is 0.0339. The van der Waals surface area contributed by atoms with E-state index in [1.807, 2.05) is 0 Å². The standard InChI is InChI=1S/C15H14FNO4/c1-20-14-5-2-9(6-12(14)16)8-21-10-3-4-13(17)11(7-10)15(18)19/h2-7H,8,17H2,1H3,(H,18,19). The van der Waals surface area contributed by atoms with Crippen LogP contribution in [0.25, 0.3) is 0 Å². The number of carboxylic acids is 1. The smallest absolute Gasteiger partial charge is 0.337 e. The van der Waals surface area contributed by atoms with E-state index in [4.69, 9.17) is 20.3 Å². The molecule has 2 aromatic rings. The molecule has 2 aromatic carbocycles. The molecule has 0 amide bonds. The van der Waals surface area contributed by atoms with Crippen LogP contribution >= 0.6 is 0 Å². The van der Waals surface area contributed by atoms with Crippen molar-refractivity contribution in [1.82, 2.24) is 0 Å². The second-order valence-corrected chi connectivity index (χ2v) is 4.31. The zero-order valence-electron chi connectivity index (χ0n) is 11.3. The van der Waals surface area contributed by atoms with Gasteiger partial charge in [-0.2, -0.15) is 0 Å². The van der Waals surface area contributed by atoms with Crippen molar-refractivity contribution >= 4 is 11.7 Å². The van der Waals surface area contributed by atoms with Gasteiger partial charge in [-0.25, -0.2) is 9.18 Å². The Balaban J connectivity index is 2.11. The fourth-order valence-electron chi connectivity index (χ4n) is 1.78. The number of benzene rings is 2. The van der Waals surface area contributed by atoms with Crippen LogP contribution in [0.5, 0.6) is 11.5 Å². The van der Waals surface area contributed by atoms with Gasteiger partial charge in [0.25, 0.3) is 0 Å². The molecule has 0 spiro atoms. The van der Waals surface area contributed by atoms with Crippen LogP contribution in [-0.2, 0) is 6.61 Å². The summed E-state index contributed by atoms with van der Waals surface area (Å²) in [6.07, 6.45) is 0. The summed E-state index contributed by atoms with van der Waals surface area (Å²) in [7, 11) is 1.39. The maximum atomic E-state index is 13.5. The summed E-state index contributed by atoms with van der Waals surface area (Å²) in [6, 6.07) is 8.80. The number of carbonyl (C=O) groups is 1. The fourth-order valence-corrected chi connectivity index (χ4v) is 1.78. The van der Waals surface area contributed by atoms with Crippen LogP contribution in [0.4, 0.5) is 10.1 Å². The second-order valence-electron chi connectivity index (χ2n) is 4.31. The van der Waals surface area contributed by atoms with Crippen molar-refractivity contribution in [3.63, 3.8) is 0 Å². The number of aromatic carboxylic acids is 1. The molecule has 0 aromatic heterocycles. The Morgan fingerprint density at radius 1 is 1.29 bits per heavy atom. The lowest BCUT2D eigenvalue weighted by molar-refractivity contribution is 0.0697. The minimum Gasteiger partial charge on any atom is -0.494 e. The predicted octanol–water partition coefficient (Wildman–Crippen LogP) is 2.69. The first-order valence-electron chi connectivity index (χ1n) is 6.09. The van der Waals surface area contributed by atoms with E-state index < -0.39 is 11.8 Å². The van der Waals surface area contributed by atoms with Gasteiger partial charge in [0.05, 0.1) is 12.7 Å². The summed E-state index contributed by atoms with van der Waals surface area (Å²) in [5, 5.41) is 8.97. The maximum Gasteiger partial charge on any atom is 0.337 e. The van der Waals surface area contributed by atoms with E-state index in [1.165, 1.54) is 31.4 Å². The van der Waals surface area contributed by atoms with Gasteiger partial charge in [0.2, 0.25) is 0 Å². The third-order valence-electron chi connectivity index (χ3n) is 2.88. The van der Waals surface area contributed by atoms with Crippen molar-refractivity contribution in [3.05, 3.63) is 53.3 Å². The van der Waals surface area contributed by atoms with Crippen LogP contribution in [-0.4, -0.2) is 18.2 Å². The van der Waals surface area contributed by atoms with Crippen molar-refractivity contribution in [2.75, 3.05) is 12.8 Å². The molecule has 0 unspecified atom stereocenters. The Labute approximate surface area is 120 Å². The first kappa shape index (κ1) is 14.6. The summed E-state index contributed by atoms with van der Waals surface area (Å²) < 4.78 is 23.8. The summed E-state index contributed by atoms with van der Waals surface area (Å²) in [4.78, 5) is 11.0. The molecule has 0 aliphatic rings. The fraction of sp³-hybridized carbons (Fsp3) is 0.133. The Kier molecular flexibility index (Phi) is 4.27. The Morgan fingerprint density at radius 2 is 2.05 bits per heavy atom. The molecule has 2 rings (SSSR count). The molecule has 3 N–H and O–H groups in total. The number of rotatable bonds is 5. The van der Waals surface area contributed by atoms with Crippen molar-refractivity contribution < 1.29 is 23.8 Å². The van der Waals surface area contributed by atoms with Crippen LogP contribution in [0.15, 0.2) is 36.4 Å². The first-order valence-corrected chi connectivity index (χ1v) is 6.09. The van der Waals surface area contributed by atoms with Gasteiger partial charge >= 0.3 is 5.97 Å².